The maximum absolute atomic E-state index is 13.8. The first-order chi connectivity index (χ1) is 16.5. The van der Waals surface area contributed by atoms with E-state index < -0.39 is 51.9 Å². The third-order valence-corrected chi connectivity index (χ3v) is 6.65. The van der Waals surface area contributed by atoms with Crippen LogP contribution >= 0.6 is 34.8 Å². The van der Waals surface area contributed by atoms with Gasteiger partial charge in [-0.15, -0.1) is 23.2 Å². The number of carbonyl (C=O) groups is 2. The van der Waals surface area contributed by atoms with Crippen LogP contribution in [-0.2, 0) is 4.79 Å². The Hall–Kier alpha value is -2.88. The van der Waals surface area contributed by atoms with Crippen LogP contribution in [0.25, 0.3) is 0 Å². The molecule has 1 fully saturated rings. The quantitative estimate of drug-likeness (QED) is 0.266. The average molecular weight is 547 g/mol. The number of hydrogen-bond donors (Lipinski definition) is 2. The van der Waals surface area contributed by atoms with Crippen molar-refractivity contribution in [2.75, 3.05) is 10.6 Å². The van der Waals surface area contributed by atoms with Crippen LogP contribution in [0.5, 0.6) is 0 Å². The predicted molar refractivity (Wildman–Crippen MR) is 124 cm³/mol. The summed E-state index contributed by atoms with van der Waals surface area (Å²) >= 11 is 18.6. The van der Waals surface area contributed by atoms with Gasteiger partial charge in [0.05, 0.1) is 22.7 Å². The minimum atomic E-state index is -2.70. The molecule has 2 atom stereocenters. The molecule has 2 aromatic carbocycles. The lowest BCUT2D eigenvalue weighted by Gasteiger charge is -2.10. The molecule has 2 amide bonds. The molecule has 12 heteroatoms. The monoisotopic (exact) mass is 545 g/mol. The summed E-state index contributed by atoms with van der Waals surface area (Å²) in [5, 5.41) is 4.73. The fourth-order valence-corrected chi connectivity index (χ4v) is 4.67. The Bertz CT molecular complexity index is 1320. The fourth-order valence-electron chi connectivity index (χ4n) is 3.63. The predicted octanol–water partition coefficient (Wildman–Crippen LogP) is 6.73. The van der Waals surface area contributed by atoms with Crippen LogP contribution in [0.3, 0.4) is 0 Å². The maximum Gasteiger partial charge on any atom is 0.263 e. The minimum absolute atomic E-state index is 0.0137. The molecule has 0 spiro atoms. The minimum Gasteiger partial charge on any atom is -0.326 e. The van der Waals surface area contributed by atoms with Gasteiger partial charge in [0.2, 0.25) is 5.91 Å². The van der Waals surface area contributed by atoms with E-state index in [2.05, 4.69) is 15.6 Å². The Morgan fingerprint density at radius 2 is 1.77 bits per heavy atom. The Balaban J connectivity index is 1.51. The van der Waals surface area contributed by atoms with Crippen LogP contribution in [0.1, 0.15) is 33.8 Å². The largest absolute Gasteiger partial charge is 0.326 e. The van der Waals surface area contributed by atoms with Gasteiger partial charge in [0, 0.05) is 23.2 Å². The second-order valence-corrected chi connectivity index (χ2v) is 9.57. The molecule has 0 radical (unpaired) electrons. The molecule has 1 heterocycles. The number of pyridine rings is 1. The molecular formula is C23H14Cl3F4N3O2. The normalized spacial score (nSPS) is 18.3. The summed E-state index contributed by atoms with van der Waals surface area (Å²) in [6, 6.07) is 10.00. The highest BCUT2D eigenvalue weighted by Gasteiger charge is 2.67. The van der Waals surface area contributed by atoms with E-state index in [0.717, 1.165) is 6.20 Å². The molecule has 5 nitrogen and oxygen atoms in total. The van der Waals surface area contributed by atoms with Gasteiger partial charge in [-0.1, -0.05) is 29.8 Å². The van der Waals surface area contributed by atoms with Gasteiger partial charge in [0.15, 0.2) is 11.6 Å². The first kappa shape index (κ1) is 25.2. The summed E-state index contributed by atoms with van der Waals surface area (Å²) in [4.78, 5) is 28.9. The number of rotatable bonds is 6. The molecule has 35 heavy (non-hydrogen) atoms. The lowest BCUT2D eigenvalue weighted by molar-refractivity contribution is -0.117. The van der Waals surface area contributed by atoms with Crippen LogP contribution in [0.15, 0.2) is 54.7 Å². The van der Waals surface area contributed by atoms with Crippen LogP contribution in [0, 0.1) is 17.6 Å². The Kier molecular flexibility index (Phi) is 6.95. The molecule has 182 valence electrons. The fraction of sp³-hybridized carbons (Fsp3) is 0.174. The number of anilines is 2. The average Bonchev–Trinajstić information content (AvgIpc) is 3.39. The van der Waals surface area contributed by atoms with Crippen molar-refractivity contribution in [2.24, 2.45) is 5.92 Å². The van der Waals surface area contributed by atoms with E-state index in [4.69, 9.17) is 34.8 Å². The van der Waals surface area contributed by atoms with E-state index in [1.54, 1.807) is 6.07 Å². The van der Waals surface area contributed by atoms with Crippen LogP contribution < -0.4 is 10.6 Å². The van der Waals surface area contributed by atoms with E-state index in [1.807, 2.05) is 0 Å². The van der Waals surface area contributed by atoms with Gasteiger partial charge in [-0.3, -0.25) is 9.59 Å². The van der Waals surface area contributed by atoms with Gasteiger partial charge in [-0.25, -0.2) is 22.5 Å². The first-order valence-electron chi connectivity index (χ1n) is 9.97. The van der Waals surface area contributed by atoms with Crippen molar-refractivity contribution >= 4 is 58.1 Å². The SMILES string of the molecule is O=C(Nc1ncc(F)cc1F)c1cc(NC(=O)C2C(c3cccc(C(F)F)c3)C2(Cl)Cl)ccc1Cl. The number of aromatic nitrogens is 1. The standard InChI is InChI=1S/C23H14Cl3F4N3O2/c24-15-5-4-13(8-14(15)21(34)33-20-16(28)7-12(27)9-31-20)32-22(35)18-17(23(18,25)26)10-2-1-3-11(6-10)19(29)30/h1-9,17-19H,(H,32,35)(H,31,33,34). The molecule has 4 rings (SSSR count). The number of nitrogens with zero attached hydrogens (tertiary/aromatic N) is 1. The number of amides is 2. The van der Waals surface area contributed by atoms with Crippen molar-refractivity contribution in [1.82, 2.24) is 4.98 Å². The molecule has 0 aliphatic heterocycles. The van der Waals surface area contributed by atoms with Crippen LogP contribution in [0.4, 0.5) is 29.1 Å². The van der Waals surface area contributed by atoms with Gasteiger partial charge in [-0.05, 0) is 29.8 Å². The van der Waals surface area contributed by atoms with Crippen LogP contribution in [-0.4, -0.2) is 21.1 Å². The molecule has 1 aliphatic carbocycles. The highest BCUT2D eigenvalue weighted by atomic mass is 35.5. The number of halogens is 7. The Labute approximate surface area is 211 Å². The van der Waals surface area contributed by atoms with Crippen molar-refractivity contribution in [1.29, 1.82) is 0 Å². The van der Waals surface area contributed by atoms with Crippen LogP contribution in [0.2, 0.25) is 5.02 Å². The smallest absolute Gasteiger partial charge is 0.263 e. The maximum atomic E-state index is 13.8. The van der Waals surface area contributed by atoms with Gasteiger partial charge < -0.3 is 10.6 Å². The second-order valence-electron chi connectivity index (χ2n) is 7.72. The lowest BCUT2D eigenvalue weighted by atomic mass is 10.1. The molecule has 0 saturated heterocycles. The summed E-state index contributed by atoms with van der Waals surface area (Å²) in [7, 11) is 0. The van der Waals surface area contributed by atoms with Crippen molar-refractivity contribution < 1.29 is 27.2 Å². The van der Waals surface area contributed by atoms with Crippen molar-refractivity contribution in [2.45, 2.75) is 16.7 Å². The Morgan fingerprint density at radius 3 is 2.46 bits per heavy atom. The van der Waals surface area contributed by atoms with Crippen molar-refractivity contribution in [3.05, 3.63) is 88.1 Å². The molecule has 3 aromatic rings. The Morgan fingerprint density at radius 1 is 1.03 bits per heavy atom. The van der Waals surface area contributed by atoms with Gasteiger partial charge in [0.1, 0.15) is 10.2 Å². The van der Waals surface area contributed by atoms with Crippen molar-refractivity contribution in [3.8, 4) is 0 Å². The van der Waals surface area contributed by atoms with E-state index in [-0.39, 0.29) is 21.8 Å². The topological polar surface area (TPSA) is 71.1 Å². The molecule has 1 aromatic heterocycles. The van der Waals surface area contributed by atoms with E-state index in [1.165, 1.54) is 36.4 Å². The molecule has 0 bridgehead atoms. The second kappa shape index (κ2) is 9.64. The highest BCUT2D eigenvalue weighted by molar-refractivity contribution is 6.53. The van der Waals surface area contributed by atoms with Gasteiger partial charge in [-0.2, -0.15) is 0 Å². The zero-order valence-electron chi connectivity index (χ0n) is 17.3. The number of alkyl halides is 4. The van der Waals surface area contributed by atoms with Gasteiger partial charge in [0.25, 0.3) is 12.3 Å². The number of benzene rings is 2. The highest BCUT2D eigenvalue weighted by Crippen LogP contribution is 2.65. The summed E-state index contributed by atoms with van der Waals surface area (Å²) in [5.74, 6) is -5.67. The van der Waals surface area contributed by atoms with Gasteiger partial charge >= 0.3 is 0 Å². The van der Waals surface area contributed by atoms with E-state index in [0.29, 0.717) is 11.6 Å². The molecule has 2 N–H and O–H groups in total. The molecule has 2 unspecified atom stereocenters. The van der Waals surface area contributed by atoms with Crippen molar-refractivity contribution in [3.63, 3.8) is 0 Å². The first-order valence-corrected chi connectivity index (χ1v) is 11.1. The summed E-state index contributed by atoms with van der Waals surface area (Å²) in [6.07, 6.45) is -1.97. The third kappa shape index (κ3) is 5.22. The molecule has 1 aliphatic rings. The lowest BCUT2D eigenvalue weighted by Crippen LogP contribution is -2.18. The number of hydrogen-bond acceptors (Lipinski definition) is 3. The summed E-state index contributed by atoms with van der Waals surface area (Å²) < 4.78 is 51.4. The zero-order valence-corrected chi connectivity index (χ0v) is 19.6. The van der Waals surface area contributed by atoms with E-state index in [9.17, 15) is 27.2 Å². The third-order valence-electron chi connectivity index (χ3n) is 5.38. The number of nitrogens with one attached hydrogen (secondary N) is 2. The van der Waals surface area contributed by atoms with E-state index >= 15 is 0 Å². The number of carbonyl (C=O) groups excluding carboxylic acids is 2. The summed E-state index contributed by atoms with van der Waals surface area (Å²) in [6.45, 7) is 0. The zero-order chi connectivity index (χ0) is 25.5. The molecule has 1 saturated carbocycles. The molecular weight excluding hydrogens is 533 g/mol. The summed E-state index contributed by atoms with van der Waals surface area (Å²) in [5.41, 5.74) is 0.180.